The molecular weight excluding hydrogens is 419 g/mol. The Kier molecular flexibility index (Phi) is 5.77. The van der Waals surface area contributed by atoms with Crippen molar-refractivity contribution < 1.29 is 17.2 Å². The molecule has 0 spiro atoms. The number of hydrogen-bond donors (Lipinski definition) is 1. The summed E-state index contributed by atoms with van der Waals surface area (Å²) in [6.07, 6.45) is 7.47. The summed E-state index contributed by atoms with van der Waals surface area (Å²) >= 11 is 0. The highest BCUT2D eigenvalue weighted by molar-refractivity contribution is 7.92. The second-order valence-corrected chi connectivity index (χ2v) is 8.73. The average Bonchev–Trinajstić information content (AvgIpc) is 3.27. The molecule has 0 amide bonds. The van der Waals surface area contributed by atoms with Gasteiger partial charge in [0, 0.05) is 18.3 Å². The van der Waals surface area contributed by atoms with E-state index in [1.54, 1.807) is 48.9 Å². The summed E-state index contributed by atoms with van der Waals surface area (Å²) in [6, 6.07) is 14.9. The third-order valence-corrected chi connectivity index (χ3v) is 5.28. The van der Waals surface area contributed by atoms with Crippen molar-refractivity contribution in [3.63, 3.8) is 0 Å². The summed E-state index contributed by atoms with van der Waals surface area (Å²) < 4.78 is 45.1. The number of oxazole rings is 1. The van der Waals surface area contributed by atoms with Crippen molar-refractivity contribution in [2.45, 2.75) is 11.8 Å². The van der Waals surface area contributed by atoms with Gasteiger partial charge in [-0.3, -0.25) is 9.71 Å². The first-order valence-electron chi connectivity index (χ1n) is 9.40. The molecule has 1 N–H and O–H groups in total. The van der Waals surface area contributed by atoms with Gasteiger partial charge in [0.25, 0.3) is 0 Å². The zero-order valence-electron chi connectivity index (χ0n) is 16.5. The third-order valence-electron chi connectivity index (χ3n) is 4.70. The zero-order valence-corrected chi connectivity index (χ0v) is 17.3. The second-order valence-electron chi connectivity index (χ2n) is 6.99. The Bertz CT molecular complexity index is 1250. The van der Waals surface area contributed by atoms with Crippen LogP contribution in [-0.2, 0) is 10.0 Å². The molecule has 2 atom stereocenters. The van der Waals surface area contributed by atoms with Crippen molar-refractivity contribution in [2.24, 2.45) is 0 Å². The first kappa shape index (κ1) is 20.7. The standard InChI is InChI=1S/C22H19FN4O3S/c1-31(28,29)27-19-6-2-5-18(26-19)20(15-7-9-17(23)10-8-15)21(22-25-12-13-30-22)16-4-3-11-24-14-16/h2-14,20-21H,1H3,(H,26,27). The minimum absolute atomic E-state index is 0.185. The number of aromatic nitrogens is 3. The minimum Gasteiger partial charge on any atom is -0.448 e. The second kappa shape index (κ2) is 8.65. The number of sulfonamides is 1. The molecule has 0 aliphatic carbocycles. The number of hydrogen-bond acceptors (Lipinski definition) is 6. The van der Waals surface area contributed by atoms with E-state index in [4.69, 9.17) is 4.42 Å². The molecule has 3 heterocycles. The van der Waals surface area contributed by atoms with Crippen molar-refractivity contribution in [3.05, 3.63) is 108 Å². The van der Waals surface area contributed by atoms with Gasteiger partial charge in [-0.15, -0.1) is 0 Å². The quantitative estimate of drug-likeness (QED) is 0.469. The van der Waals surface area contributed by atoms with Crippen molar-refractivity contribution >= 4 is 15.8 Å². The lowest BCUT2D eigenvalue weighted by Gasteiger charge is -2.26. The number of anilines is 1. The molecule has 158 valence electrons. The molecule has 0 saturated heterocycles. The fraction of sp³-hybridized carbons (Fsp3) is 0.136. The highest BCUT2D eigenvalue weighted by Gasteiger charge is 2.33. The molecule has 0 radical (unpaired) electrons. The molecule has 0 fully saturated rings. The Morgan fingerprint density at radius 2 is 1.77 bits per heavy atom. The van der Waals surface area contributed by atoms with Gasteiger partial charge in [0.2, 0.25) is 15.9 Å². The maximum absolute atomic E-state index is 13.7. The highest BCUT2D eigenvalue weighted by atomic mass is 32.2. The normalized spacial score (nSPS) is 13.5. The largest absolute Gasteiger partial charge is 0.448 e. The van der Waals surface area contributed by atoms with Crippen LogP contribution in [0.25, 0.3) is 0 Å². The molecule has 9 heteroatoms. The summed E-state index contributed by atoms with van der Waals surface area (Å²) in [7, 11) is -3.51. The molecule has 7 nitrogen and oxygen atoms in total. The van der Waals surface area contributed by atoms with Crippen LogP contribution in [0, 0.1) is 5.82 Å². The predicted octanol–water partition coefficient (Wildman–Crippen LogP) is 3.94. The van der Waals surface area contributed by atoms with Gasteiger partial charge in [-0.25, -0.2) is 22.8 Å². The van der Waals surface area contributed by atoms with Gasteiger partial charge in [-0.1, -0.05) is 24.3 Å². The SMILES string of the molecule is CS(=O)(=O)Nc1cccc(C(c2ccc(F)cc2)C(c2cccnc2)c2ncco2)n1. The van der Waals surface area contributed by atoms with Crippen LogP contribution in [-0.4, -0.2) is 29.6 Å². The molecule has 0 bridgehead atoms. The molecule has 0 aliphatic rings. The molecule has 4 aromatic rings. The van der Waals surface area contributed by atoms with Crippen molar-refractivity contribution in [1.82, 2.24) is 15.0 Å². The predicted molar refractivity (Wildman–Crippen MR) is 114 cm³/mol. The van der Waals surface area contributed by atoms with Crippen LogP contribution < -0.4 is 4.72 Å². The monoisotopic (exact) mass is 438 g/mol. The lowest BCUT2D eigenvalue weighted by molar-refractivity contribution is 0.449. The molecule has 3 aromatic heterocycles. The van der Waals surface area contributed by atoms with Gasteiger partial charge >= 0.3 is 0 Å². The Morgan fingerprint density at radius 3 is 2.42 bits per heavy atom. The van der Waals surface area contributed by atoms with Crippen LogP contribution in [0.15, 0.2) is 83.9 Å². The lowest BCUT2D eigenvalue weighted by Crippen LogP contribution is -2.18. The Balaban J connectivity index is 1.90. The lowest BCUT2D eigenvalue weighted by atomic mass is 9.79. The molecule has 4 rings (SSSR count). The Hall–Kier alpha value is -3.59. The van der Waals surface area contributed by atoms with E-state index in [1.165, 1.54) is 18.4 Å². The van der Waals surface area contributed by atoms with Crippen LogP contribution in [0.4, 0.5) is 10.2 Å². The topological polar surface area (TPSA) is 98.0 Å². The van der Waals surface area contributed by atoms with E-state index in [0.29, 0.717) is 11.6 Å². The van der Waals surface area contributed by atoms with Gasteiger partial charge in [-0.05, 0) is 41.5 Å². The summed E-state index contributed by atoms with van der Waals surface area (Å²) in [6.45, 7) is 0. The number of nitrogens with zero attached hydrogens (tertiary/aromatic N) is 3. The highest BCUT2D eigenvalue weighted by Crippen LogP contribution is 2.41. The van der Waals surface area contributed by atoms with E-state index in [1.807, 2.05) is 12.1 Å². The van der Waals surface area contributed by atoms with Gasteiger partial charge in [0.05, 0.1) is 24.1 Å². The summed E-state index contributed by atoms with van der Waals surface area (Å²) in [5.41, 5.74) is 2.15. The Labute approximate surface area is 179 Å². The number of benzene rings is 1. The molecule has 1 aromatic carbocycles. The summed E-state index contributed by atoms with van der Waals surface area (Å²) in [5.74, 6) is -0.632. The zero-order chi connectivity index (χ0) is 21.8. The molecule has 0 aliphatic heterocycles. The minimum atomic E-state index is -3.51. The van der Waals surface area contributed by atoms with Crippen LogP contribution in [0.2, 0.25) is 0 Å². The van der Waals surface area contributed by atoms with Gasteiger partial charge in [0.15, 0.2) is 0 Å². The van der Waals surface area contributed by atoms with E-state index >= 15 is 0 Å². The van der Waals surface area contributed by atoms with Crippen molar-refractivity contribution in [1.29, 1.82) is 0 Å². The molecule has 2 unspecified atom stereocenters. The first-order chi connectivity index (χ1) is 14.9. The van der Waals surface area contributed by atoms with E-state index in [9.17, 15) is 12.8 Å². The first-order valence-corrected chi connectivity index (χ1v) is 11.3. The average molecular weight is 438 g/mol. The maximum atomic E-state index is 13.7. The molecular formula is C22H19FN4O3S. The fourth-order valence-corrected chi connectivity index (χ4v) is 3.99. The smallest absolute Gasteiger partial charge is 0.230 e. The van der Waals surface area contributed by atoms with E-state index < -0.39 is 21.9 Å². The summed E-state index contributed by atoms with van der Waals surface area (Å²) in [4.78, 5) is 13.1. The van der Waals surface area contributed by atoms with Crippen molar-refractivity contribution in [3.8, 4) is 0 Å². The van der Waals surface area contributed by atoms with Crippen LogP contribution in [0.1, 0.15) is 34.5 Å². The van der Waals surface area contributed by atoms with Crippen LogP contribution in [0.3, 0.4) is 0 Å². The molecule has 31 heavy (non-hydrogen) atoms. The van der Waals surface area contributed by atoms with Crippen molar-refractivity contribution in [2.75, 3.05) is 11.0 Å². The van der Waals surface area contributed by atoms with Gasteiger partial charge in [-0.2, -0.15) is 0 Å². The maximum Gasteiger partial charge on any atom is 0.230 e. The fourth-order valence-electron chi connectivity index (χ4n) is 3.50. The van der Waals surface area contributed by atoms with Crippen LogP contribution >= 0.6 is 0 Å². The van der Waals surface area contributed by atoms with E-state index in [0.717, 1.165) is 17.4 Å². The van der Waals surface area contributed by atoms with E-state index in [2.05, 4.69) is 19.7 Å². The van der Waals surface area contributed by atoms with Gasteiger partial charge in [0.1, 0.15) is 17.9 Å². The van der Waals surface area contributed by atoms with Gasteiger partial charge < -0.3 is 4.42 Å². The number of rotatable bonds is 7. The Morgan fingerprint density at radius 1 is 0.968 bits per heavy atom. The van der Waals surface area contributed by atoms with E-state index in [-0.39, 0.29) is 11.6 Å². The summed E-state index contributed by atoms with van der Waals surface area (Å²) in [5, 5.41) is 0. The third kappa shape index (κ3) is 4.95. The number of nitrogens with one attached hydrogen (secondary N) is 1. The van der Waals surface area contributed by atoms with Crippen LogP contribution in [0.5, 0.6) is 0 Å². The number of pyridine rings is 2. The number of halogens is 1. The molecule has 0 saturated carbocycles.